The number of carbonyl (C=O) groups excluding carboxylic acids is 1. The Morgan fingerprint density at radius 3 is 2.07 bits per heavy atom. The molecule has 0 spiro atoms. The minimum Gasteiger partial charge on any atom is -0.497 e. The SMILES string of the molecule is COc1ccc(CCNC(=O)C2(c3ccc(OC)cc3)CCOCC2)cc1. The molecule has 0 radical (unpaired) electrons. The van der Waals surface area contributed by atoms with Crippen LogP contribution in [0.4, 0.5) is 0 Å². The number of carbonyl (C=O) groups is 1. The second-order valence-electron chi connectivity index (χ2n) is 6.78. The molecule has 2 aromatic carbocycles. The second-order valence-corrected chi connectivity index (χ2v) is 6.78. The van der Waals surface area contributed by atoms with Crippen LogP contribution >= 0.6 is 0 Å². The zero-order valence-corrected chi connectivity index (χ0v) is 16.0. The third kappa shape index (κ3) is 4.42. The molecule has 5 heteroatoms. The van der Waals surface area contributed by atoms with Gasteiger partial charge in [0.1, 0.15) is 11.5 Å². The lowest BCUT2D eigenvalue weighted by Gasteiger charge is -2.36. The molecule has 3 rings (SSSR count). The van der Waals surface area contributed by atoms with Crippen molar-refractivity contribution in [2.24, 2.45) is 0 Å². The monoisotopic (exact) mass is 369 g/mol. The molecule has 144 valence electrons. The van der Waals surface area contributed by atoms with Crippen molar-refractivity contribution in [2.75, 3.05) is 34.0 Å². The number of nitrogens with one attached hydrogen (secondary N) is 1. The van der Waals surface area contributed by atoms with Gasteiger partial charge in [0.2, 0.25) is 5.91 Å². The molecular weight excluding hydrogens is 342 g/mol. The maximum absolute atomic E-state index is 13.1. The number of rotatable bonds is 7. The van der Waals surface area contributed by atoms with Gasteiger partial charge in [0.25, 0.3) is 0 Å². The molecule has 0 aromatic heterocycles. The highest BCUT2D eigenvalue weighted by atomic mass is 16.5. The van der Waals surface area contributed by atoms with Crippen molar-refractivity contribution < 1.29 is 19.0 Å². The fourth-order valence-electron chi connectivity index (χ4n) is 3.56. The summed E-state index contributed by atoms with van der Waals surface area (Å²) in [5.41, 5.74) is 1.65. The first-order chi connectivity index (χ1) is 13.2. The predicted molar refractivity (Wildman–Crippen MR) is 104 cm³/mol. The zero-order chi connectivity index (χ0) is 19.1. The van der Waals surface area contributed by atoms with Gasteiger partial charge in [-0.05, 0) is 54.7 Å². The summed E-state index contributed by atoms with van der Waals surface area (Å²) in [4.78, 5) is 13.1. The van der Waals surface area contributed by atoms with Gasteiger partial charge in [-0.1, -0.05) is 24.3 Å². The van der Waals surface area contributed by atoms with E-state index in [0.29, 0.717) is 32.6 Å². The Labute approximate surface area is 160 Å². The molecule has 0 aliphatic carbocycles. The lowest BCUT2D eigenvalue weighted by atomic mass is 9.73. The molecule has 2 aromatic rings. The van der Waals surface area contributed by atoms with Gasteiger partial charge in [0, 0.05) is 19.8 Å². The lowest BCUT2D eigenvalue weighted by Crippen LogP contribution is -2.48. The molecule has 0 saturated carbocycles. The molecule has 1 aliphatic rings. The van der Waals surface area contributed by atoms with Crippen molar-refractivity contribution in [3.63, 3.8) is 0 Å². The molecular formula is C22H27NO4. The topological polar surface area (TPSA) is 56.8 Å². The van der Waals surface area contributed by atoms with Crippen LogP contribution in [0.25, 0.3) is 0 Å². The van der Waals surface area contributed by atoms with Gasteiger partial charge < -0.3 is 19.5 Å². The van der Waals surface area contributed by atoms with Gasteiger partial charge in [-0.3, -0.25) is 4.79 Å². The minimum atomic E-state index is -0.537. The fraction of sp³-hybridized carbons (Fsp3) is 0.409. The highest BCUT2D eigenvalue weighted by Crippen LogP contribution is 2.36. The van der Waals surface area contributed by atoms with Crippen molar-refractivity contribution in [1.82, 2.24) is 5.32 Å². The third-order valence-electron chi connectivity index (χ3n) is 5.28. The Hall–Kier alpha value is -2.53. The van der Waals surface area contributed by atoms with E-state index in [1.54, 1.807) is 14.2 Å². The highest BCUT2D eigenvalue weighted by molar-refractivity contribution is 5.88. The van der Waals surface area contributed by atoms with E-state index >= 15 is 0 Å². The lowest BCUT2D eigenvalue weighted by molar-refractivity contribution is -0.130. The Bertz CT molecular complexity index is 734. The fourth-order valence-corrected chi connectivity index (χ4v) is 3.56. The Balaban J connectivity index is 1.67. The van der Waals surface area contributed by atoms with Crippen LogP contribution in [0.2, 0.25) is 0 Å². The maximum atomic E-state index is 13.1. The average Bonchev–Trinajstić information content (AvgIpc) is 2.74. The molecule has 1 N–H and O–H groups in total. The standard InChI is InChI=1S/C22H27NO4/c1-25-19-7-3-17(4-8-19)11-14-23-21(24)22(12-15-27-16-13-22)18-5-9-20(26-2)10-6-18/h3-10H,11-16H2,1-2H3,(H,23,24). The number of amides is 1. The smallest absolute Gasteiger partial charge is 0.230 e. The van der Waals surface area contributed by atoms with E-state index in [0.717, 1.165) is 23.5 Å². The molecule has 1 fully saturated rings. The average molecular weight is 369 g/mol. The van der Waals surface area contributed by atoms with Crippen LogP contribution in [0.3, 0.4) is 0 Å². The van der Waals surface area contributed by atoms with Crippen molar-refractivity contribution in [3.8, 4) is 11.5 Å². The Morgan fingerprint density at radius 1 is 0.963 bits per heavy atom. The van der Waals surface area contributed by atoms with Crippen LogP contribution in [0, 0.1) is 0 Å². The summed E-state index contributed by atoms with van der Waals surface area (Å²) in [5, 5.41) is 3.14. The zero-order valence-electron chi connectivity index (χ0n) is 16.0. The largest absolute Gasteiger partial charge is 0.497 e. The minimum absolute atomic E-state index is 0.0736. The molecule has 0 unspecified atom stereocenters. The number of benzene rings is 2. The van der Waals surface area contributed by atoms with Crippen LogP contribution in [0.15, 0.2) is 48.5 Å². The maximum Gasteiger partial charge on any atom is 0.230 e. The second kappa shape index (κ2) is 8.91. The molecule has 1 saturated heterocycles. The third-order valence-corrected chi connectivity index (χ3v) is 5.28. The van der Waals surface area contributed by atoms with Gasteiger partial charge in [0.05, 0.1) is 19.6 Å². The number of ether oxygens (including phenoxy) is 3. The molecule has 0 bridgehead atoms. The first kappa shape index (κ1) is 19.2. The van der Waals surface area contributed by atoms with E-state index in [1.165, 1.54) is 5.56 Å². The quantitative estimate of drug-likeness (QED) is 0.815. The molecule has 0 atom stereocenters. The van der Waals surface area contributed by atoms with E-state index in [9.17, 15) is 4.79 Å². The van der Waals surface area contributed by atoms with Gasteiger partial charge in [-0.25, -0.2) is 0 Å². The summed E-state index contributed by atoms with van der Waals surface area (Å²) < 4.78 is 15.9. The van der Waals surface area contributed by atoms with Gasteiger partial charge in [-0.2, -0.15) is 0 Å². The summed E-state index contributed by atoms with van der Waals surface area (Å²) >= 11 is 0. The summed E-state index contributed by atoms with van der Waals surface area (Å²) in [7, 11) is 3.30. The summed E-state index contributed by atoms with van der Waals surface area (Å²) in [6, 6.07) is 15.7. The van der Waals surface area contributed by atoms with Crippen molar-refractivity contribution in [1.29, 1.82) is 0 Å². The highest BCUT2D eigenvalue weighted by Gasteiger charge is 2.41. The van der Waals surface area contributed by atoms with Gasteiger partial charge in [-0.15, -0.1) is 0 Å². The molecule has 5 nitrogen and oxygen atoms in total. The first-order valence-corrected chi connectivity index (χ1v) is 9.31. The molecule has 1 aliphatic heterocycles. The first-order valence-electron chi connectivity index (χ1n) is 9.31. The van der Waals surface area contributed by atoms with E-state index in [1.807, 2.05) is 48.5 Å². The van der Waals surface area contributed by atoms with Crippen molar-refractivity contribution >= 4 is 5.91 Å². The van der Waals surface area contributed by atoms with Crippen LogP contribution < -0.4 is 14.8 Å². The Morgan fingerprint density at radius 2 is 1.52 bits per heavy atom. The van der Waals surface area contributed by atoms with Crippen LogP contribution in [-0.4, -0.2) is 39.9 Å². The summed E-state index contributed by atoms with van der Waals surface area (Å²) in [5.74, 6) is 1.70. The van der Waals surface area contributed by atoms with Gasteiger partial charge in [0.15, 0.2) is 0 Å². The summed E-state index contributed by atoms with van der Waals surface area (Å²) in [6.45, 7) is 1.79. The van der Waals surface area contributed by atoms with E-state index < -0.39 is 5.41 Å². The normalized spacial score (nSPS) is 15.8. The van der Waals surface area contributed by atoms with E-state index in [-0.39, 0.29) is 5.91 Å². The predicted octanol–water partition coefficient (Wildman–Crippen LogP) is 3.11. The van der Waals surface area contributed by atoms with Crippen LogP contribution in [-0.2, 0) is 21.4 Å². The van der Waals surface area contributed by atoms with Crippen LogP contribution in [0.5, 0.6) is 11.5 Å². The molecule has 1 heterocycles. The number of hydrogen-bond acceptors (Lipinski definition) is 4. The number of hydrogen-bond donors (Lipinski definition) is 1. The van der Waals surface area contributed by atoms with Crippen molar-refractivity contribution in [2.45, 2.75) is 24.7 Å². The van der Waals surface area contributed by atoms with Crippen molar-refractivity contribution in [3.05, 3.63) is 59.7 Å². The van der Waals surface area contributed by atoms with E-state index in [2.05, 4.69) is 5.32 Å². The van der Waals surface area contributed by atoms with E-state index in [4.69, 9.17) is 14.2 Å². The van der Waals surface area contributed by atoms with Gasteiger partial charge >= 0.3 is 0 Å². The molecule has 1 amide bonds. The number of methoxy groups -OCH3 is 2. The Kier molecular flexibility index (Phi) is 6.35. The van der Waals surface area contributed by atoms with Crippen LogP contribution in [0.1, 0.15) is 24.0 Å². The molecule has 27 heavy (non-hydrogen) atoms. The summed E-state index contributed by atoms with van der Waals surface area (Å²) in [6.07, 6.45) is 2.16.